The van der Waals surface area contributed by atoms with Crippen LogP contribution in [0, 0.1) is 0 Å². The lowest BCUT2D eigenvalue weighted by Gasteiger charge is -2.10. The van der Waals surface area contributed by atoms with Crippen molar-refractivity contribution >= 4 is 0 Å². The molecule has 0 aliphatic carbocycles. The number of benzene rings is 1. The highest BCUT2D eigenvalue weighted by Gasteiger charge is 2.28. The molecule has 0 spiro atoms. The molecule has 0 radical (unpaired) electrons. The first-order chi connectivity index (χ1) is 7.37. The van der Waals surface area contributed by atoms with Crippen LogP contribution in [-0.2, 0) is 6.42 Å². The van der Waals surface area contributed by atoms with Crippen molar-refractivity contribution in [1.82, 2.24) is 0 Å². The molecule has 2 nitrogen and oxygen atoms in total. The molecule has 0 aliphatic rings. The van der Waals surface area contributed by atoms with Gasteiger partial charge in [-0.3, -0.25) is 0 Å². The Hall–Kier alpha value is -1.23. The van der Waals surface area contributed by atoms with E-state index in [1.54, 1.807) is 19.1 Å². The van der Waals surface area contributed by atoms with E-state index in [-0.39, 0.29) is 5.75 Å². The molecule has 0 heterocycles. The van der Waals surface area contributed by atoms with Crippen molar-refractivity contribution in [2.24, 2.45) is 0 Å². The van der Waals surface area contributed by atoms with E-state index in [2.05, 4.69) is 4.74 Å². The lowest BCUT2D eigenvalue weighted by atomic mass is 10.1. The molecule has 0 aliphatic heterocycles. The highest BCUT2D eigenvalue weighted by molar-refractivity contribution is 5.27. The van der Waals surface area contributed by atoms with Crippen LogP contribution in [0.1, 0.15) is 12.5 Å². The van der Waals surface area contributed by atoms with Gasteiger partial charge in [0.15, 0.2) is 6.61 Å². The van der Waals surface area contributed by atoms with E-state index in [1.807, 2.05) is 0 Å². The fourth-order valence-corrected chi connectivity index (χ4v) is 1.23. The third-order valence-electron chi connectivity index (χ3n) is 1.86. The normalized spacial score (nSPS) is 13.6. The summed E-state index contributed by atoms with van der Waals surface area (Å²) in [6.45, 7) is 0.358. The van der Waals surface area contributed by atoms with Gasteiger partial charge in [0.2, 0.25) is 0 Å². The van der Waals surface area contributed by atoms with E-state index in [0.29, 0.717) is 6.42 Å². The van der Waals surface area contributed by atoms with Crippen molar-refractivity contribution < 1.29 is 23.0 Å². The van der Waals surface area contributed by atoms with Gasteiger partial charge in [0, 0.05) is 0 Å². The van der Waals surface area contributed by atoms with Gasteiger partial charge in [-0.1, -0.05) is 12.1 Å². The average Bonchev–Trinajstić information content (AvgIpc) is 2.14. The van der Waals surface area contributed by atoms with E-state index < -0.39 is 18.9 Å². The molecule has 0 bridgehead atoms. The van der Waals surface area contributed by atoms with Gasteiger partial charge >= 0.3 is 6.18 Å². The monoisotopic (exact) mass is 234 g/mol. The first kappa shape index (κ1) is 12.8. The van der Waals surface area contributed by atoms with Crippen molar-refractivity contribution in [3.05, 3.63) is 29.8 Å². The van der Waals surface area contributed by atoms with Crippen LogP contribution in [-0.4, -0.2) is 24.0 Å². The predicted molar refractivity (Wildman–Crippen MR) is 53.4 cm³/mol. The van der Waals surface area contributed by atoms with Crippen LogP contribution >= 0.6 is 0 Å². The molecule has 1 N–H and O–H groups in total. The summed E-state index contributed by atoms with van der Waals surface area (Å²) >= 11 is 0. The van der Waals surface area contributed by atoms with Crippen molar-refractivity contribution in [2.45, 2.75) is 25.6 Å². The number of hydrogen-bond acceptors (Lipinski definition) is 2. The lowest BCUT2D eigenvalue weighted by molar-refractivity contribution is -0.153. The molecule has 0 fully saturated rings. The number of rotatable bonds is 4. The molecule has 1 aromatic rings. The molecule has 16 heavy (non-hydrogen) atoms. The maximum Gasteiger partial charge on any atom is 0.422 e. The van der Waals surface area contributed by atoms with Gasteiger partial charge in [0.05, 0.1) is 6.10 Å². The maximum atomic E-state index is 11.8. The van der Waals surface area contributed by atoms with E-state index in [9.17, 15) is 13.2 Å². The van der Waals surface area contributed by atoms with Crippen molar-refractivity contribution in [3.63, 3.8) is 0 Å². The summed E-state index contributed by atoms with van der Waals surface area (Å²) in [5.74, 6) is 0.173. The fourth-order valence-electron chi connectivity index (χ4n) is 1.23. The number of aliphatic hydroxyl groups excluding tert-OH is 1. The number of aliphatic hydroxyl groups is 1. The predicted octanol–water partition coefficient (Wildman–Crippen LogP) is 2.55. The Morgan fingerprint density at radius 2 is 1.81 bits per heavy atom. The van der Waals surface area contributed by atoms with Gasteiger partial charge < -0.3 is 9.84 Å². The zero-order valence-electron chi connectivity index (χ0n) is 8.79. The largest absolute Gasteiger partial charge is 0.484 e. The first-order valence-electron chi connectivity index (χ1n) is 4.83. The molecular formula is C11H13F3O2. The van der Waals surface area contributed by atoms with Gasteiger partial charge in [0.1, 0.15) is 5.75 Å². The summed E-state index contributed by atoms with van der Waals surface area (Å²) in [6, 6.07) is 6.20. The standard InChI is InChI=1S/C11H13F3O2/c1-8(15)6-9-2-4-10(5-3-9)16-7-11(12,13)14/h2-5,8,15H,6-7H2,1H3. The fraction of sp³-hybridized carbons (Fsp3) is 0.455. The third kappa shape index (κ3) is 5.02. The van der Waals surface area contributed by atoms with Gasteiger partial charge in [-0.25, -0.2) is 0 Å². The zero-order chi connectivity index (χ0) is 12.2. The Labute approximate surface area is 91.7 Å². The summed E-state index contributed by atoms with van der Waals surface area (Å²) in [7, 11) is 0. The molecule has 1 aromatic carbocycles. The third-order valence-corrected chi connectivity index (χ3v) is 1.86. The number of ether oxygens (including phenoxy) is 1. The Balaban J connectivity index is 2.51. The maximum absolute atomic E-state index is 11.8. The Morgan fingerprint density at radius 3 is 2.25 bits per heavy atom. The van der Waals surface area contributed by atoms with Crippen molar-refractivity contribution in [3.8, 4) is 5.75 Å². The molecule has 0 aromatic heterocycles. The molecule has 0 saturated heterocycles. The summed E-state index contributed by atoms with van der Waals surface area (Å²) in [5.41, 5.74) is 0.856. The second-order valence-electron chi connectivity index (χ2n) is 3.60. The minimum Gasteiger partial charge on any atom is -0.484 e. The van der Waals surface area contributed by atoms with Crippen molar-refractivity contribution in [1.29, 1.82) is 0 Å². The van der Waals surface area contributed by atoms with E-state index in [1.165, 1.54) is 12.1 Å². The highest BCUT2D eigenvalue weighted by Crippen LogP contribution is 2.19. The molecule has 90 valence electrons. The number of alkyl halides is 3. The van der Waals surface area contributed by atoms with E-state index in [0.717, 1.165) is 5.56 Å². The summed E-state index contributed by atoms with van der Waals surface area (Å²) in [5, 5.41) is 9.11. The van der Waals surface area contributed by atoms with E-state index >= 15 is 0 Å². The summed E-state index contributed by atoms with van der Waals surface area (Å²) < 4.78 is 40.0. The molecular weight excluding hydrogens is 221 g/mol. The second-order valence-corrected chi connectivity index (χ2v) is 3.60. The summed E-state index contributed by atoms with van der Waals surface area (Å²) in [4.78, 5) is 0. The molecule has 1 atom stereocenters. The smallest absolute Gasteiger partial charge is 0.422 e. The molecule has 1 unspecified atom stereocenters. The minimum absolute atomic E-state index is 0.173. The number of halogens is 3. The average molecular weight is 234 g/mol. The zero-order valence-corrected chi connectivity index (χ0v) is 8.79. The molecule has 0 saturated carbocycles. The second kappa shape index (κ2) is 5.21. The Morgan fingerprint density at radius 1 is 1.25 bits per heavy atom. The lowest BCUT2D eigenvalue weighted by Crippen LogP contribution is -2.19. The SMILES string of the molecule is CC(O)Cc1ccc(OCC(F)(F)F)cc1. The van der Waals surface area contributed by atoms with Crippen LogP contribution in [0.4, 0.5) is 13.2 Å². The quantitative estimate of drug-likeness (QED) is 0.867. The van der Waals surface area contributed by atoms with Crippen LogP contribution in [0.15, 0.2) is 24.3 Å². The van der Waals surface area contributed by atoms with Crippen molar-refractivity contribution in [2.75, 3.05) is 6.61 Å². The summed E-state index contributed by atoms with van der Waals surface area (Å²) in [6.07, 6.45) is -4.32. The number of hydrogen-bond donors (Lipinski definition) is 1. The van der Waals surface area contributed by atoms with Gasteiger partial charge in [-0.05, 0) is 31.0 Å². The molecule has 1 rings (SSSR count). The van der Waals surface area contributed by atoms with Crippen LogP contribution in [0.5, 0.6) is 5.75 Å². The van der Waals surface area contributed by atoms with Crippen LogP contribution in [0.2, 0.25) is 0 Å². The molecule has 0 amide bonds. The van der Waals surface area contributed by atoms with Crippen LogP contribution < -0.4 is 4.74 Å². The Bertz CT molecular complexity index is 317. The van der Waals surface area contributed by atoms with E-state index in [4.69, 9.17) is 5.11 Å². The Kier molecular flexibility index (Phi) is 4.18. The molecule has 5 heteroatoms. The topological polar surface area (TPSA) is 29.5 Å². The first-order valence-corrected chi connectivity index (χ1v) is 4.83. The minimum atomic E-state index is -4.32. The van der Waals surface area contributed by atoms with Gasteiger partial charge in [-0.2, -0.15) is 13.2 Å². The van der Waals surface area contributed by atoms with Gasteiger partial charge in [0.25, 0.3) is 0 Å². The highest BCUT2D eigenvalue weighted by atomic mass is 19.4. The van der Waals surface area contributed by atoms with Crippen LogP contribution in [0.25, 0.3) is 0 Å². The van der Waals surface area contributed by atoms with Gasteiger partial charge in [-0.15, -0.1) is 0 Å². The van der Waals surface area contributed by atoms with Crippen LogP contribution in [0.3, 0.4) is 0 Å².